The third-order valence-corrected chi connectivity index (χ3v) is 8.60. The molecular formula is C32H31Cl2NO9. The number of methoxy groups -OCH3 is 1. The van der Waals surface area contributed by atoms with Gasteiger partial charge in [0.05, 0.1) is 27.8 Å². The van der Waals surface area contributed by atoms with E-state index < -0.39 is 36.1 Å². The molecule has 2 fully saturated rings. The smallest absolute Gasteiger partial charge is 0.349 e. The van der Waals surface area contributed by atoms with Crippen molar-refractivity contribution in [2.24, 2.45) is 5.41 Å². The van der Waals surface area contributed by atoms with Crippen LogP contribution in [0.2, 0.25) is 10.0 Å². The van der Waals surface area contributed by atoms with E-state index >= 15 is 0 Å². The Morgan fingerprint density at radius 2 is 1.34 bits per heavy atom. The molecule has 0 bridgehead atoms. The highest BCUT2D eigenvalue weighted by Gasteiger charge is 2.68. The number of aliphatic carboxylic acids is 2. The molecule has 3 aromatic carbocycles. The van der Waals surface area contributed by atoms with Gasteiger partial charge in [0.15, 0.2) is 0 Å². The van der Waals surface area contributed by atoms with E-state index in [2.05, 4.69) is 11.4 Å². The first-order valence-corrected chi connectivity index (χ1v) is 14.4. The highest BCUT2D eigenvalue weighted by molar-refractivity contribution is 6.42. The molecule has 232 valence electrons. The lowest BCUT2D eigenvalue weighted by Crippen LogP contribution is -2.45. The van der Waals surface area contributed by atoms with Crippen molar-refractivity contribution in [3.8, 4) is 0 Å². The first-order valence-electron chi connectivity index (χ1n) is 13.7. The molecule has 44 heavy (non-hydrogen) atoms. The second-order valence-corrected chi connectivity index (χ2v) is 11.4. The molecule has 1 heterocycles. The Hall–Kier alpha value is -3.96. The third kappa shape index (κ3) is 7.22. The van der Waals surface area contributed by atoms with Crippen LogP contribution in [0.5, 0.6) is 0 Å². The van der Waals surface area contributed by atoms with Gasteiger partial charge < -0.3 is 29.7 Å². The molecule has 1 aliphatic heterocycles. The van der Waals surface area contributed by atoms with Gasteiger partial charge in [0.25, 0.3) is 0 Å². The van der Waals surface area contributed by atoms with Crippen molar-refractivity contribution in [3.05, 3.63) is 106 Å². The summed E-state index contributed by atoms with van der Waals surface area (Å²) in [4.78, 5) is 46.8. The number of carbonyl (C=O) groups is 4. The van der Waals surface area contributed by atoms with E-state index in [1.54, 1.807) is 19.2 Å². The molecule has 5 rings (SSSR count). The molecule has 2 aliphatic rings. The van der Waals surface area contributed by atoms with Gasteiger partial charge in [0.2, 0.25) is 12.2 Å². The second-order valence-electron chi connectivity index (χ2n) is 10.6. The minimum absolute atomic E-state index is 0.0253. The molecule has 10 nitrogen and oxygen atoms in total. The zero-order valence-electron chi connectivity index (χ0n) is 23.7. The van der Waals surface area contributed by atoms with Crippen molar-refractivity contribution < 1.29 is 43.6 Å². The van der Waals surface area contributed by atoms with Crippen LogP contribution < -0.4 is 5.32 Å². The van der Waals surface area contributed by atoms with Crippen molar-refractivity contribution in [1.82, 2.24) is 5.32 Å². The summed E-state index contributed by atoms with van der Waals surface area (Å²) in [5.74, 6) is -5.63. The number of benzene rings is 3. The number of halogens is 2. The molecule has 3 aromatic rings. The van der Waals surface area contributed by atoms with Gasteiger partial charge in [0.1, 0.15) is 0 Å². The van der Waals surface area contributed by atoms with Gasteiger partial charge in [-0.1, -0.05) is 65.7 Å². The fourth-order valence-corrected chi connectivity index (χ4v) is 5.91. The fraction of sp³-hybridized carbons (Fsp3) is 0.312. The van der Waals surface area contributed by atoms with Gasteiger partial charge in [-0.2, -0.15) is 0 Å². The van der Waals surface area contributed by atoms with Crippen LogP contribution in [0, 0.1) is 5.41 Å². The first-order chi connectivity index (χ1) is 21.0. The summed E-state index contributed by atoms with van der Waals surface area (Å²) in [5.41, 5.74) is 1.85. The number of carbonyl (C=O) groups excluding carboxylic acids is 2. The Balaban J connectivity index is 0.000000213. The number of hydrogen-bond donors (Lipinski definition) is 3. The highest BCUT2D eigenvalue weighted by atomic mass is 35.5. The van der Waals surface area contributed by atoms with E-state index in [1.165, 1.54) is 60.5 Å². The number of ether oxygens (including phenoxy) is 3. The third-order valence-electron chi connectivity index (χ3n) is 7.86. The minimum Gasteiger partial charge on any atom is -0.478 e. The zero-order valence-corrected chi connectivity index (χ0v) is 25.2. The number of nitrogens with one attached hydrogen (secondary N) is 1. The Labute approximate surface area is 263 Å². The Kier molecular flexibility index (Phi) is 10.6. The molecule has 0 radical (unpaired) electrons. The van der Waals surface area contributed by atoms with Crippen LogP contribution in [-0.4, -0.2) is 73.1 Å². The summed E-state index contributed by atoms with van der Waals surface area (Å²) in [7, 11) is 1.78. The summed E-state index contributed by atoms with van der Waals surface area (Å²) in [6.45, 7) is 2.90. The highest BCUT2D eigenvalue weighted by Crippen LogP contribution is 2.67. The molecule has 3 N–H and O–H groups in total. The van der Waals surface area contributed by atoms with Crippen LogP contribution in [0.1, 0.15) is 39.1 Å². The van der Waals surface area contributed by atoms with Crippen LogP contribution in [0.15, 0.2) is 78.9 Å². The molecule has 4 atom stereocenters. The lowest BCUT2D eigenvalue weighted by atomic mass is 9.81. The normalized spacial score (nSPS) is 21.3. The van der Waals surface area contributed by atoms with Gasteiger partial charge in [0, 0.05) is 24.5 Å². The molecule has 12 heteroatoms. The summed E-state index contributed by atoms with van der Waals surface area (Å²) in [5, 5.41) is 23.2. The topological polar surface area (TPSA) is 148 Å². The number of carboxylic acids is 2. The van der Waals surface area contributed by atoms with E-state index in [0.717, 1.165) is 26.1 Å². The fourth-order valence-electron chi connectivity index (χ4n) is 5.61. The summed E-state index contributed by atoms with van der Waals surface area (Å²) < 4.78 is 15.0. The Morgan fingerprint density at radius 3 is 1.80 bits per heavy atom. The van der Waals surface area contributed by atoms with Crippen LogP contribution in [0.4, 0.5) is 0 Å². The number of esters is 2. The second kappa shape index (κ2) is 14.2. The molecule has 0 aromatic heterocycles. The molecule has 1 saturated carbocycles. The van der Waals surface area contributed by atoms with Gasteiger partial charge in [-0.3, -0.25) is 0 Å². The maximum absolute atomic E-state index is 12.0. The predicted molar refractivity (Wildman–Crippen MR) is 161 cm³/mol. The maximum Gasteiger partial charge on any atom is 0.349 e. The van der Waals surface area contributed by atoms with Crippen molar-refractivity contribution in [3.63, 3.8) is 0 Å². The summed E-state index contributed by atoms with van der Waals surface area (Å²) in [6.07, 6.45) is -2.10. The number of piperidine rings is 1. The number of hydrogen-bond acceptors (Lipinski definition) is 8. The van der Waals surface area contributed by atoms with Crippen LogP contribution in [0.25, 0.3) is 0 Å². The first kappa shape index (κ1) is 32.9. The standard InChI is InChI=1S/C18H14O8.C14H17Cl2NO/c19-15(20)13(25-17(23)11-7-3-1-4-8-11)14(16(21)22)26-18(24)12-9-5-2-6-10-12;1-18-9-13-7-14(13,4-5-17-8-13)10-2-3-11(15)12(16)6-10/h1-10,13-14H,(H,19,20)(H,21,22);2-3,6,17H,4-5,7-9H2,1H3/t2*13-,14-/m10/s1. The number of fused-ring (bicyclic) bond motifs is 1. The summed E-state index contributed by atoms with van der Waals surface area (Å²) >= 11 is 12.2. The average Bonchev–Trinajstić information content (AvgIpc) is 3.71. The van der Waals surface area contributed by atoms with Crippen LogP contribution in [0.3, 0.4) is 0 Å². The van der Waals surface area contributed by atoms with E-state index in [-0.39, 0.29) is 22.0 Å². The molecule has 0 spiro atoms. The number of rotatable bonds is 10. The molecule has 1 saturated heterocycles. The largest absolute Gasteiger partial charge is 0.478 e. The predicted octanol–water partition coefficient (Wildman–Crippen LogP) is 4.87. The van der Waals surface area contributed by atoms with Crippen molar-refractivity contribution >= 4 is 47.1 Å². The van der Waals surface area contributed by atoms with Crippen LogP contribution >= 0.6 is 23.2 Å². The molecule has 1 aliphatic carbocycles. The van der Waals surface area contributed by atoms with Crippen molar-refractivity contribution in [2.45, 2.75) is 30.5 Å². The van der Waals surface area contributed by atoms with Gasteiger partial charge in [-0.05, 0) is 61.3 Å². The van der Waals surface area contributed by atoms with Crippen molar-refractivity contribution in [2.75, 3.05) is 26.8 Å². The summed E-state index contributed by atoms with van der Waals surface area (Å²) in [6, 6.07) is 20.9. The zero-order chi connectivity index (χ0) is 31.9. The molecular weight excluding hydrogens is 613 g/mol. The van der Waals surface area contributed by atoms with Crippen LogP contribution in [-0.2, 0) is 29.2 Å². The van der Waals surface area contributed by atoms with E-state index in [9.17, 15) is 29.4 Å². The van der Waals surface area contributed by atoms with Gasteiger partial charge in [-0.25, -0.2) is 19.2 Å². The monoisotopic (exact) mass is 643 g/mol. The quantitative estimate of drug-likeness (QED) is 0.261. The molecule has 0 unspecified atom stereocenters. The van der Waals surface area contributed by atoms with Gasteiger partial charge >= 0.3 is 23.9 Å². The minimum atomic E-state index is -2.21. The lowest BCUT2D eigenvalue weighted by Gasteiger charge is -2.31. The van der Waals surface area contributed by atoms with Crippen molar-refractivity contribution in [1.29, 1.82) is 0 Å². The maximum atomic E-state index is 12.0. The average molecular weight is 645 g/mol. The lowest BCUT2D eigenvalue weighted by molar-refractivity contribution is -0.166. The Bertz CT molecular complexity index is 1430. The van der Waals surface area contributed by atoms with E-state index in [0.29, 0.717) is 10.0 Å². The number of carboxylic acid groups (broad SMARTS) is 2. The molecule has 0 amide bonds. The van der Waals surface area contributed by atoms with E-state index in [1.807, 2.05) is 12.1 Å². The Morgan fingerprint density at radius 1 is 0.818 bits per heavy atom. The SMILES string of the molecule is COC[C@]12CNCC[C@@]1(c1ccc(Cl)c(Cl)c1)C2.O=C(O[C@@H](C(=O)O)[C@@H](OC(=O)c1ccccc1)C(=O)O)c1ccccc1. The van der Waals surface area contributed by atoms with Gasteiger partial charge in [-0.15, -0.1) is 0 Å². The van der Waals surface area contributed by atoms with E-state index in [4.69, 9.17) is 37.4 Å².